The molecule has 53 heteroatoms. The Morgan fingerprint density at radius 1 is 0.410 bits per heavy atom. The van der Waals surface area contributed by atoms with Crippen molar-refractivity contribution in [3.63, 3.8) is 0 Å². The lowest BCUT2D eigenvalue weighted by Crippen LogP contribution is -2.61. The number of nitrogens with two attached hydrogens (primary N) is 9. The van der Waals surface area contributed by atoms with Gasteiger partial charge in [0.2, 0.25) is 76.8 Å². The lowest BCUT2D eigenvalue weighted by molar-refractivity contribution is -0.142. The second kappa shape index (κ2) is 63.3. The van der Waals surface area contributed by atoms with Crippen molar-refractivity contribution in [1.29, 1.82) is 27.0 Å². The molecule has 0 bridgehead atoms. The number of carboxylic acid groups (broad SMARTS) is 1. The van der Waals surface area contributed by atoms with E-state index in [1.807, 2.05) is 0 Å². The Kier molecular flexibility index (Phi) is 53.0. The molecule has 139 heavy (non-hydrogen) atoms. The van der Waals surface area contributed by atoms with Crippen molar-refractivity contribution in [2.24, 2.45) is 57.5 Å². The maximum atomic E-state index is 15.9. The van der Waals surface area contributed by atoms with E-state index in [0.29, 0.717) is 36.8 Å². The minimum atomic E-state index is -1.84. The van der Waals surface area contributed by atoms with Crippen molar-refractivity contribution in [3.05, 3.63) is 59.7 Å². The summed E-state index contributed by atoms with van der Waals surface area (Å²) in [6.07, 6.45) is 2.73. The second-order valence-corrected chi connectivity index (χ2v) is 36.9. The largest absolute Gasteiger partial charge is 0.508 e. The van der Waals surface area contributed by atoms with E-state index in [9.17, 15) is 29.7 Å². The van der Waals surface area contributed by atoms with Gasteiger partial charge in [0.25, 0.3) is 0 Å². The summed E-state index contributed by atoms with van der Waals surface area (Å²) in [4.78, 5) is 225. The van der Waals surface area contributed by atoms with Gasteiger partial charge in [-0.3, -0.25) is 89.4 Å². The number of nitrogens with zero attached hydrogens (tertiary/aromatic N) is 1. The van der Waals surface area contributed by atoms with E-state index in [0.717, 1.165) is 40.9 Å². The van der Waals surface area contributed by atoms with Gasteiger partial charge in [-0.25, -0.2) is 9.59 Å². The number of urea groups is 1. The highest BCUT2D eigenvalue weighted by atomic mass is 33.1. The Hall–Kier alpha value is -13.2. The Bertz CT molecular complexity index is 4410. The van der Waals surface area contributed by atoms with Crippen LogP contribution in [0.4, 0.5) is 4.79 Å². The zero-order valence-corrected chi connectivity index (χ0v) is 79.9. The van der Waals surface area contributed by atoms with Gasteiger partial charge in [-0.15, -0.1) is 0 Å². The molecule has 0 aromatic heterocycles. The van der Waals surface area contributed by atoms with Crippen LogP contribution in [-0.2, 0) is 80.0 Å². The molecular formula is C86H145N33O18S2. The number of carboxylic acids is 1. The van der Waals surface area contributed by atoms with Crippen LogP contribution in [0.15, 0.2) is 48.5 Å². The van der Waals surface area contributed by atoms with Crippen LogP contribution in [0.25, 0.3) is 0 Å². The number of carbonyl (C=O) groups is 15. The number of aliphatic carboxylic acids is 1. The summed E-state index contributed by atoms with van der Waals surface area (Å²) in [6.45, 7) is 0.0788. The fraction of sp³-hybridized carbons (Fsp3) is 0.628. The number of carbonyl (C=O) groups excluding carboxylic acids is 14. The number of unbranched alkanes of at least 4 members (excludes halogenated alkanes) is 2. The number of aromatic hydroxyl groups is 2. The monoisotopic (exact) mass is 1990 g/mol. The SMILES string of the molecule is N=C(N)NCCC[C@H](NC(=O)[C@@H]1CSSC[C@H](NC(=O)[C@H](CC2CCCCC2)NC(=O)[C@H](CCCNC(=N)N)NC(=O)[C@@H](N)CCCNC(=N)N)C(=O)N[C@@H](Cc2ccc(O)cc2)C(=O)N[C@@H](CCCNC(=N)N)C(=O)N[C@@H](CCCCN)C(=O)N[C@H](CCCCN)C(=O)N2CCC[C@H]2C(=O)N[C@@H](Cc2ccc(O)cc2)C(=O)N[C@@H](CCCNC(=N)N)C(=O)N[C@@H](CCCNC(N)=O)C(=O)N1)C(=O)O. The predicted molar refractivity (Wildman–Crippen MR) is 522 cm³/mol. The van der Waals surface area contributed by atoms with Crippen LogP contribution in [0, 0.1) is 33.0 Å². The summed E-state index contributed by atoms with van der Waals surface area (Å²) in [5, 5.41) is 118. The molecule has 3 aliphatic rings. The highest BCUT2D eigenvalue weighted by molar-refractivity contribution is 8.76. The van der Waals surface area contributed by atoms with E-state index in [4.69, 9.17) is 78.6 Å². The number of primary amides is 1. The quantitative estimate of drug-likeness (QED) is 0.0127. The summed E-state index contributed by atoms with van der Waals surface area (Å²) in [6, 6.07) is -12.2. The zero-order valence-electron chi connectivity index (χ0n) is 78.3. The van der Waals surface area contributed by atoms with Gasteiger partial charge in [0.15, 0.2) is 29.8 Å². The summed E-state index contributed by atoms with van der Waals surface area (Å²) in [5.74, 6) is -18.1. The molecule has 2 aromatic rings. The van der Waals surface area contributed by atoms with E-state index >= 15 is 57.5 Å². The third-order valence-electron chi connectivity index (χ3n) is 23.1. The summed E-state index contributed by atoms with van der Waals surface area (Å²) in [5.41, 5.74) is 52.3. The molecule has 2 saturated heterocycles. The van der Waals surface area contributed by atoms with Crippen molar-refractivity contribution in [3.8, 4) is 11.5 Å². The second-order valence-electron chi connectivity index (χ2n) is 34.3. The highest BCUT2D eigenvalue weighted by Gasteiger charge is 2.43. The van der Waals surface area contributed by atoms with Gasteiger partial charge in [-0.05, 0) is 189 Å². The van der Waals surface area contributed by atoms with Crippen LogP contribution in [0.5, 0.6) is 11.5 Å². The minimum Gasteiger partial charge on any atom is -0.508 e. The number of hydrogen-bond donors (Lipinski definition) is 35. The van der Waals surface area contributed by atoms with E-state index in [1.165, 1.54) is 53.4 Å². The first-order valence-corrected chi connectivity index (χ1v) is 49.3. The van der Waals surface area contributed by atoms with E-state index in [1.54, 1.807) is 0 Å². The molecule has 44 N–H and O–H groups in total. The first-order valence-electron chi connectivity index (χ1n) is 46.8. The topological polar surface area (TPSA) is 890 Å². The van der Waals surface area contributed by atoms with Gasteiger partial charge in [-0.1, -0.05) is 78.0 Å². The van der Waals surface area contributed by atoms with Crippen LogP contribution >= 0.6 is 21.6 Å². The van der Waals surface area contributed by atoms with E-state index in [2.05, 4.69) is 95.7 Å². The number of benzene rings is 2. The molecule has 2 heterocycles. The molecule has 0 spiro atoms. The molecule has 2 aromatic carbocycles. The Morgan fingerprint density at radius 3 is 1.25 bits per heavy atom. The summed E-state index contributed by atoms with van der Waals surface area (Å²) < 4.78 is 0. The number of fused-ring (bicyclic) bond motifs is 1. The molecule has 3 fully saturated rings. The fourth-order valence-corrected chi connectivity index (χ4v) is 18.0. The lowest BCUT2D eigenvalue weighted by Gasteiger charge is -2.31. The van der Waals surface area contributed by atoms with Gasteiger partial charge < -0.3 is 168 Å². The molecule has 1 aliphatic carbocycles. The Labute approximate surface area is 814 Å². The predicted octanol–water partition coefficient (Wildman–Crippen LogP) is -6.51. The zero-order chi connectivity index (χ0) is 102. The fourth-order valence-electron chi connectivity index (χ4n) is 15.7. The molecule has 1 saturated carbocycles. The van der Waals surface area contributed by atoms with Crippen molar-refractivity contribution < 1.29 is 87.2 Å². The molecule has 15 amide bonds. The average Bonchev–Trinajstić information content (AvgIpc) is 1.71. The van der Waals surface area contributed by atoms with Crippen LogP contribution in [0.1, 0.15) is 178 Å². The maximum absolute atomic E-state index is 15.9. The number of phenols is 2. The van der Waals surface area contributed by atoms with E-state index < -0.39 is 215 Å². The first-order chi connectivity index (χ1) is 66.2. The van der Waals surface area contributed by atoms with Crippen molar-refractivity contribution >= 4 is 140 Å². The van der Waals surface area contributed by atoms with Crippen LogP contribution in [0.2, 0.25) is 0 Å². The smallest absolute Gasteiger partial charge is 0.326 e. The third-order valence-corrected chi connectivity index (χ3v) is 25.6. The van der Waals surface area contributed by atoms with Gasteiger partial charge in [-0.2, -0.15) is 0 Å². The van der Waals surface area contributed by atoms with Crippen LogP contribution in [0.3, 0.4) is 0 Å². The number of hydrogen-bond acceptors (Lipinski definition) is 27. The summed E-state index contributed by atoms with van der Waals surface area (Å²) >= 11 is 0. The highest BCUT2D eigenvalue weighted by Crippen LogP contribution is 2.30. The average molecular weight is 1990 g/mol. The molecule has 2 aliphatic heterocycles. The number of guanidine groups is 5. The van der Waals surface area contributed by atoms with Crippen LogP contribution in [-0.4, -0.2) is 294 Å². The van der Waals surface area contributed by atoms with E-state index in [-0.39, 0.29) is 211 Å². The number of rotatable bonds is 47. The van der Waals surface area contributed by atoms with Gasteiger partial charge in [0.05, 0.1) is 6.04 Å². The van der Waals surface area contributed by atoms with Gasteiger partial charge in [0.1, 0.15) is 90.0 Å². The molecule has 0 unspecified atom stereocenters. The van der Waals surface area contributed by atoms with Gasteiger partial charge in [0, 0.05) is 70.2 Å². The lowest BCUT2D eigenvalue weighted by atomic mass is 9.84. The maximum Gasteiger partial charge on any atom is 0.326 e. The van der Waals surface area contributed by atoms with Gasteiger partial charge >= 0.3 is 12.0 Å². The van der Waals surface area contributed by atoms with Crippen LogP contribution < -0.4 is 147 Å². The molecule has 5 rings (SSSR count). The third kappa shape index (κ3) is 45.3. The van der Waals surface area contributed by atoms with Crippen molar-refractivity contribution in [1.82, 2.24) is 101 Å². The Balaban J connectivity index is 1.82. The standard InChI is InChI=1S/C86H145N33O18S2/c87-34-6-4-18-54-70(125)112-59(19-5-7-35-88)79(134)119-42-14-25-66(119)78(133)116-63(45-50-28-32-52(121)33-29-50)74(129)111-57(22-11-39-104-84(96)97)69(124)109-58(23-12-41-106-86(100)137)72(127)117-64(76(131)113-60(80(135)136)24-13-40-105-85(98)99)46-138-139-47-65(77(132)115-62(44-49-26-30-51(120)31-27-49)73(128)110-56(68(123)108-54)21-10-38-103-83(94)95)118-75(130)61(43-48-15-2-1-3-16-48)114-71(126)55(20-9-37-102-82(92)93)107-67(122)53(89)17-8-36-101-81(90)91/h26-33,48,53-66,120-121H,1-25,34-47,87-89H2,(H,107,122)(H,108,123)(H,109,124)(H,110,128)(H,111,129)(H,112,125)(H,113,131)(H,114,126)(H,115,132)(H,116,133)(H,117,127)(H,118,130)(H,135,136)(H4,90,91,101)(H4,92,93,102)(H4,94,95,103)(H4,96,97,104)(H4,98,99,105)(H3,100,106,137)/t53-,54-,55-,56-,57-,58-,59+,60-,61-,62-,63-,64-,65-,66-/m0/s1. The minimum absolute atomic E-state index is 0.00587. The summed E-state index contributed by atoms with van der Waals surface area (Å²) in [7, 11) is 1.52. The number of nitrogens with one attached hydrogen (secondary N) is 23. The molecule has 51 nitrogen and oxygen atoms in total. The number of amides is 15. The molecule has 0 radical (unpaired) electrons. The number of phenolic OH excluding ortho intramolecular Hbond substituents is 2. The van der Waals surface area contributed by atoms with Crippen molar-refractivity contribution in [2.75, 3.05) is 70.4 Å². The molecule has 14 atom stereocenters. The van der Waals surface area contributed by atoms with Crippen molar-refractivity contribution in [2.45, 2.75) is 264 Å². The Morgan fingerprint density at radius 2 is 0.799 bits per heavy atom. The molecule has 774 valence electrons. The molecular weight excluding hydrogens is 1850 g/mol. The first kappa shape index (κ1) is 116. The normalized spacial score (nSPS) is 21.3.